The zero-order valence-electron chi connectivity index (χ0n) is 6.24. The summed E-state index contributed by atoms with van der Waals surface area (Å²) >= 11 is 0. The van der Waals surface area contributed by atoms with Gasteiger partial charge in [-0.2, -0.15) is 0 Å². The van der Waals surface area contributed by atoms with Crippen molar-refractivity contribution in [3.63, 3.8) is 0 Å². The van der Waals surface area contributed by atoms with Crippen molar-refractivity contribution >= 4 is 11.7 Å². The summed E-state index contributed by atoms with van der Waals surface area (Å²) in [7, 11) is 0. The van der Waals surface area contributed by atoms with Crippen LogP contribution in [0.3, 0.4) is 0 Å². The van der Waals surface area contributed by atoms with Crippen molar-refractivity contribution in [3.8, 4) is 5.75 Å². The Morgan fingerprint density at radius 1 is 1.50 bits per heavy atom. The minimum atomic E-state index is -0.682. The molecular weight excluding hydrogens is 158 g/mol. The summed E-state index contributed by atoms with van der Waals surface area (Å²) < 4.78 is 0. The van der Waals surface area contributed by atoms with Crippen molar-refractivity contribution in [1.82, 2.24) is 5.43 Å². The lowest BCUT2D eigenvalue weighted by molar-refractivity contribution is 0.250. The summed E-state index contributed by atoms with van der Waals surface area (Å²) in [6.07, 6.45) is 0. The Morgan fingerprint density at radius 2 is 2.25 bits per heavy atom. The van der Waals surface area contributed by atoms with Gasteiger partial charge in [-0.25, -0.2) is 4.79 Å². The van der Waals surface area contributed by atoms with Crippen LogP contribution in [-0.2, 0) is 0 Å². The fourth-order valence-electron chi connectivity index (χ4n) is 0.717. The van der Waals surface area contributed by atoms with E-state index in [-0.39, 0.29) is 5.75 Å². The standard InChI is InChI=1S/C7H9N3O2/c8-7(12)10-9-5-2-1-3-6(11)4-5/h1-4,9,11H,(H3,8,10,12). The zero-order valence-corrected chi connectivity index (χ0v) is 6.24. The van der Waals surface area contributed by atoms with Crippen LogP contribution >= 0.6 is 0 Å². The maximum Gasteiger partial charge on any atom is 0.330 e. The molecule has 5 nitrogen and oxygen atoms in total. The van der Waals surface area contributed by atoms with Crippen LogP contribution in [0.5, 0.6) is 5.75 Å². The Balaban J connectivity index is 2.57. The highest BCUT2D eigenvalue weighted by molar-refractivity contribution is 5.73. The molecule has 0 fully saturated rings. The van der Waals surface area contributed by atoms with Crippen LogP contribution in [0.1, 0.15) is 0 Å². The number of urea groups is 1. The molecule has 1 aromatic carbocycles. The molecule has 0 aliphatic rings. The highest BCUT2D eigenvalue weighted by Gasteiger charge is 1.93. The third-order valence-electron chi connectivity index (χ3n) is 1.18. The predicted octanol–water partition coefficient (Wildman–Crippen LogP) is 0.387. The molecule has 0 aliphatic carbocycles. The molecular formula is C7H9N3O2. The number of aromatic hydroxyl groups is 1. The summed E-state index contributed by atoms with van der Waals surface area (Å²) in [6.45, 7) is 0. The monoisotopic (exact) mass is 167 g/mol. The molecule has 0 saturated heterocycles. The van der Waals surface area contributed by atoms with E-state index in [1.54, 1.807) is 12.1 Å². The summed E-state index contributed by atoms with van der Waals surface area (Å²) in [6, 6.07) is 5.61. The lowest BCUT2D eigenvalue weighted by atomic mass is 10.3. The van der Waals surface area contributed by atoms with Crippen molar-refractivity contribution in [2.45, 2.75) is 0 Å². The van der Waals surface area contributed by atoms with E-state index in [0.29, 0.717) is 5.69 Å². The molecule has 0 aromatic heterocycles. The van der Waals surface area contributed by atoms with Crippen LogP contribution in [0.15, 0.2) is 24.3 Å². The molecule has 5 heteroatoms. The van der Waals surface area contributed by atoms with Crippen LogP contribution < -0.4 is 16.6 Å². The van der Waals surface area contributed by atoms with Gasteiger partial charge in [-0.3, -0.25) is 10.9 Å². The lowest BCUT2D eigenvalue weighted by Gasteiger charge is -2.05. The molecule has 0 radical (unpaired) electrons. The molecule has 0 spiro atoms. The summed E-state index contributed by atoms with van der Waals surface area (Å²) in [5.74, 6) is 0.117. The van der Waals surface area contributed by atoms with Gasteiger partial charge in [0.15, 0.2) is 0 Å². The highest BCUT2D eigenvalue weighted by Crippen LogP contribution is 2.13. The number of primary amides is 1. The summed E-state index contributed by atoms with van der Waals surface area (Å²) in [4.78, 5) is 10.2. The van der Waals surface area contributed by atoms with Crippen LogP contribution in [0.25, 0.3) is 0 Å². The number of amides is 2. The molecule has 0 unspecified atom stereocenters. The van der Waals surface area contributed by atoms with E-state index >= 15 is 0 Å². The first-order chi connectivity index (χ1) is 5.68. The first-order valence-corrected chi connectivity index (χ1v) is 3.29. The average Bonchev–Trinajstić information content (AvgIpc) is 2.01. The summed E-state index contributed by atoms with van der Waals surface area (Å²) in [5, 5.41) is 8.99. The van der Waals surface area contributed by atoms with Gasteiger partial charge in [-0.05, 0) is 12.1 Å². The van der Waals surface area contributed by atoms with Gasteiger partial charge in [-0.15, -0.1) is 0 Å². The van der Waals surface area contributed by atoms with Gasteiger partial charge in [0, 0.05) is 6.07 Å². The summed E-state index contributed by atoms with van der Waals surface area (Å²) in [5.41, 5.74) is 10.0. The highest BCUT2D eigenvalue weighted by atomic mass is 16.3. The molecule has 2 amide bonds. The molecule has 64 valence electrons. The quantitative estimate of drug-likeness (QED) is 0.480. The van der Waals surface area contributed by atoms with Crippen LogP contribution in [0.2, 0.25) is 0 Å². The number of rotatable bonds is 2. The van der Waals surface area contributed by atoms with E-state index in [0.717, 1.165) is 0 Å². The van der Waals surface area contributed by atoms with Crippen molar-refractivity contribution in [3.05, 3.63) is 24.3 Å². The number of carbonyl (C=O) groups is 1. The molecule has 1 rings (SSSR count). The number of phenols is 1. The number of nitrogens with one attached hydrogen (secondary N) is 2. The van der Waals surface area contributed by atoms with Gasteiger partial charge in [0.25, 0.3) is 0 Å². The fraction of sp³-hybridized carbons (Fsp3) is 0. The first-order valence-electron chi connectivity index (χ1n) is 3.29. The molecule has 0 atom stereocenters. The molecule has 1 aromatic rings. The number of phenolic OH excluding ortho intramolecular Hbond substituents is 1. The van der Waals surface area contributed by atoms with Crippen molar-refractivity contribution < 1.29 is 9.90 Å². The van der Waals surface area contributed by atoms with Gasteiger partial charge in [0.05, 0.1) is 5.69 Å². The maximum absolute atomic E-state index is 10.2. The van der Waals surface area contributed by atoms with Gasteiger partial charge < -0.3 is 10.8 Å². The SMILES string of the molecule is NC(=O)NNc1cccc(O)c1. The normalized spacial score (nSPS) is 9.00. The van der Waals surface area contributed by atoms with E-state index in [1.165, 1.54) is 12.1 Å². The number of anilines is 1. The lowest BCUT2D eigenvalue weighted by Crippen LogP contribution is -2.34. The third kappa shape index (κ3) is 2.37. The van der Waals surface area contributed by atoms with Gasteiger partial charge in [-0.1, -0.05) is 6.07 Å². The molecule has 0 saturated carbocycles. The Labute approximate surface area is 69.2 Å². The second kappa shape index (κ2) is 3.47. The Morgan fingerprint density at radius 3 is 2.83 bits per heavy atom. The van der Waals surface area contributed by atoms with Crippen molar-refractivity contribution in [2.75, 3.05) is 5.43 Å². The zero-order chi connectivity index (χ0) is 8.97. The molecule has 5 N–H and O–H groups in total. The van der Waals surface area contributed by atoms with Crippen molar-refractivity contribution in [1.29, 1.82) is 0 Å². The number of benzene rings is 1. The van der Waals surface area contributed by atoms with Crippen molar-refractivity contribution in [2.24, 2.45) is 5.73 Å². The Kier molecular flexibility index (Phi) is 2.37. The van der Waals surface area contributed by atoms with E-state index < -0.39 is 6.03 Å². The third-order valence-corrected chi connectivity index (χ3v) is 1.18. The second-order valence-electron chi connectivity index (χ2n) is 2.16. The molecule has 12 heavy (non-hydrogen) atoms. The maximum atomic E-state index is 10.2. The molecule has 0 heterocycles. The van der Waals surface area contributed by atoms with Crippen LogP contribution in [0, 0.1) is 0 Å². The Hall–Kier alpha value is -1.91. The number of hydrogen-bond donors (Lipinski definition) is 4. The van der Waals surface area contributed by atoms with Gasteiger partial charge in [0.1, 0.15) is 5.75 Å². The first kappa shape index (κ1) is 8.19. The number of hydrogen-bond acceptors (Lipinski definition) is 3. The van der Waals surface area contributed by atoms with E-state index in [4.69, 9.17) is 10.8 Å². The number of nitrogens with two attached hydrogens (primary N) is 1. The Bertz CT molecular complexity index is 288. The number of carbonyl (C=O) groups excluding carboxylic acids is 1. The minimum Gasteiger partial charge on any atom is -0.508 e. The van der Waals surface area contributed by atoms with Crippen LogP contribution in [0.4, 0.5) is 10.5 Å². The smallest absolute Gasteiger partial charge is 0.330 e. The van der Waals surface area contributed by atoms with Crippen LogP contribution in [-0.4, -0.2) is 11.1 Å². The average molecular weight is 167 g/mol. The van der Waals surface area contributed by atoms with Gasteiger partial charge in [0.2, 0.25) is 0 Å². The number of hydrazine groups is 1. The second-order valence-corrected chi connectivity index (χ2v) is 2.16. The fourth-order valence-corrected chi connectivity index (χ4v) is 0.717. The topological polar surface area (TPSA) is 87.4 Å². The largest absolute Gasteiger partial charge is 0.508 e. The van der Waals surface area contributed by atoms with E-state index in [1.807, 2.05) is 0 Å². The van der Waals surface area contributed by atoms with E-state index in [9.17, 15) is 4.79 Å². The van der Waals surface area contributed by atoms with Gasteiger partial charge >= 0.3 is 6.03 Å². The minimum absolute atomic E-state index is 0.117. The van der Waals surface area contributed by atoms with E-state index in [2.05, 4.69) is 10.9 Å². The predicted molar refractivity (Wildman–Crippen MR) is 44.4 cm³/mol. The molecule has 0 aliphatic heterocycles. The molecule has 0 bridgehead atoms.